The summed E-state index contributed by atoms with van der Waals surface area (Å²) in [4.78, 5) is 26.1. The number of nitrogens with zero attached hydrogens (tertiary/aromatic N) is 5. The van der Waals surface area contributed by atoms with Gasteiger partial charge in [0.25, 0.3) is 0 Å². The van der Waals surface area contributed by atoms with Crippen LogP contribution in [0.4, 0.5) is 4.39 Å². The van der Waals surface area contributed by atoms with Crippen LogP contribution in [0.2, 0.25) is 0 Å². The molecule has 6 rings (SSSR count). The van der Waals surface area contributed by atoms with Gasteiger partial charge in [-0.2, -0.15) is 5.26 Å². The average molecular weight is 515 g/mol. The first kappa shape index (κ1) is 24.1. The maximum atomic E-state index is 14.3. The predicted molar refractivity (Wildman–Crippen MR) is 136 cm³/mol. The van der Waals surface area contributed by atoms with Crippen molar-refractivity contribution in [2.75, 3.05) is 13.1 Å². The van der Waals surface area contributed by atoms with Crippen LogP contribution in [0.1, 0.15) is 46.5 Å². The van der Waals surface area contributed by atoms with Crippen molar-refractivity contribution < 1.29 is 19.0 Å². The first-order valence-corrected chi connectivity index (χ1v) is 12.6. The van der Waals surface area contributed by atoms with E-state index >= 15 is 0 Å². The van der Waals surface area contributed by atoms with Crippen molar-refractivity contribution in [1.29, 1.82) is 5.26 Å². The minimum absolute atomic E-state index is 0.000356. The smallest absolute Gasteiger partial charge is 0.352 e. The summed E-state index contributed by atoms with van der Waals surface area (Å²) in [6.45, 7) is 4.82. The molecule has 0 spiro atoms. The number of carboxylic acids is 1. The molecule has 9 nitrogen and oxygen atoms in total. The molecular weight excluding hydrogens is 487 g/mol. The molecule has 4 aromatic rings. The molecule has 3 aromatic heterocycles. The summed E-state index contributed by atoms with van der Waals surface area (Å²) < 4.78 is 22.0. The third-order valence-electron chi connectivity index (χ3n) is 8.37. The number of aryl methyl sites for hydroxylation is 1. The van der Waals surface area contributed by atoms with Crippen LogP contribution in [-0.2, 0) is 25.6 Å². The molecule has 1 saturated heterocycles. The summed E-state index contributed by atoms with van der Waals surface area (Å²) in [6, 6.07) is 13.7. The molecule has 0 bridgehead atoms. The summed E-state index contributed by atoms with van der Waals surface area (Å²) in [5.41, 5.74) is 3.18. The summed E-state index contributed by atoms with van der Waals surface area (Å²) in [5.74, 6) is 0.828. The topological polar surface area (TPSA) is 120 Å². The lowest BCUT2D eigenvalue weighted by Gasteiger charge is -2.31. The standard InChI is InChI=1S/C28H27FN6O3/c1-16-19-13-35(14-24-31-21-11-22(27(36)37)32-26(21)34(24)2)9-8-28(16,19)23-4-3-5-25(33-23)38-15-18-7-6-17(12-30)10-20(18)29/h3-7,10-11,16,19,32H,8-9,13-15H2,1-2H3,(H,36,37)/t16-,19?,28+/m0/s1. The molecule has 0 radical (unpaired) electrons. The Hall–Kier alpha value is -4.23. The highest BCUT2D eigenvalue weighted by Crippen LogP contribution is 2.63. The number of imidazole rings is 1. The Morgan fingerprint density at radius 3 is 2.87 bits per heavy atom. The number of nitriles is 1. The van der Waals surface area contributed by atoms with Crippen LogP contribution in [0.5, 0.6) is 5.88 Å². The summed E-state index contributed by atoms with van der Waals surface area (Å²) in [7, 11) is 1.90. The Bertz CT molecular complexity index is 1600. The molecule has 4 heterocycles. The van der Waals surface area contributed by atoms with Crippen molar-refractivity contribution >= 4 is 17.1 Å². The van der Waals surface area contributed by atoms with Gasteiger partial charge in [0.1, 0.15) is 35.1 Å². The molecule has 1 saturated carbocycles. The number of hydrogen-bond donors (Lipinski definition) is 2. The highest BCUT2D eigenvalue weighted by molar-refractivity contribution is 5.91. The first-order chi connectivity index (χ1) is 18.3. The van der Waals surface area contributed by atoms with Gasteiger partial charge >= 0.3 is 5.97 Å². The van der Waals surface area contributed by atoms with Gasteiger partial charge in [0, 0.05) is 30.6 Å². The molecule has 1 aliphatic carbocycles. The Morgan fingerprint density at radius 2 is 2.16 bits per heavy atom. The third kappa shape index (κ3) is 3.90. The van der Waals surface area contributed by atoms with Gasteiger partial charge in [-0.3, -0.25) is 4.90 Å². The van der Waals surface area contributed by atoms with Crippen molar-refractivity contribution in [3.05, 3.63) is 76.6 Å². The molecule has 3 atom stereocenters. The SMILES string of the molecule is C[C@H]1C2CN(Cc3nc4cc(C(=O)O)[nH]c4n3C)CC[C@]21c1cccc(OCc2ccc(C#N)cc2F)n1. The predicted octanol–water partition coefficient (Wildman–Crippen LogP) is 3.99. The molecule has 2 aliphatic rings. The van der Waals surface area contributed by atoms with Gasteiger partial charge in [-0.25, -0.2) is 19.2 Å². The molecule has 194 valence electrons. The van der Waals surface area contributed by atoms with Gasteiger partial charge in [-0.05, 0) is 49.1 Å². The fourth-order valence-corrected chi connectivity index (χ4v) is 6.08. The van der Waals surface area contributed by atoms with Gasteiger partial charge in [-0.1, -0.05) is 19.1 Å². The van der Waals surface area contributed by atoms with Crippen molar-refractivity contribution in [1.82, 2.24) is 24.4 Å². The van der Waals surface area contributed by atoms with Gasteiger partial charge in [0.15, 0.2) is 0 Å². The van der Waals surface area contributed by atoms with Gasteiger partial charge in [-0.15, -0.1) is 0 Å². The third-order valence-corrected chi connectivity index (χ3v) is 8.37. The van der Waals surface area contributed by atoms with Gasteiger partial charge in [0.05, 0.1) is 23.9 Å². The van der Waals surface area contributed by atoms with E-state index in [2.05, 4.69) is 27.9 Å². The summed E-state index contributed by atoms with van der Waals surface area (Å²) in [5, 5.41) is 18.1. The lowest BCUT2D eigenvalue weighted by atomic mass is 9.90. The molecule has 10 heteroatoms. The monoisotopic (exact) mass is 514 g/mol. The number of rotatable bonds is 7. The number of fused-ring (bicyclic) bond motifs is 2. The number of benzene rings is 1. The van der Waals surface area contributed by atoms with E-state index < -0.39 is 11.8 Å². The highest BCUT2D eigenvalue weighted by atomic mass is 19.1. The second-order valence-electron chi connectivity index (χ2n) is 10.3. The van der Waals surface area contributed by atoms with Crippen molar-refractivity contribution in [3.63, 3.8) is 0 Å². The summed E-state index contributed by atoms with van der Waals surface area (Å²) >= 11 is 0. The molecule has 2 fully saturated rings. The number of hydrogen-bond acceptors (Lipinski definition) is 6. The number of nitrogens with one attached hydrogen (secondary N) is 1. The normalized spacial score (nSPS) is 22.7. The highest BCUT2D eigenvalue weighted by Gasteiger charge is 2.65. The Kier molecular flexibility index (Phi) is 5.69. The quantitative estimate of drug-likeness (QED) is 0.383. The van der Waals surface area contributed by atoms with E-state index in [1.54, 1.807) is 24.3 Å². The van der Waals surface area contributed by atoms with E-state index in [-0.39, 0.29) is 23.3 Å². The Labute approximate surface area is 218 Å². The van der Waals surface area contributed by atoms with E-state index in [0.717, 1.165) is 31.0 Å². The largest absolute Gasteiger partial charge is 0.477 e. The fraction of sp³-hybridized carbons (Fsp3) is 0.357. The zero-order valence-corrected chi connectivity index (χ0v) is 21.1. The zero-order valence-electron chi connectivity index (χ0n) is 21.1. The van der Waals surface area contributed by atoms with Crippen LogP contribution < -0.4 is 4.74 Å². The van der Waals surface area contributed by atoms with E-state index in [1.807, 2.05) is 23.8 Å². The van der Waals surface area contributed by atoms with Crippen molar-refractivity contribution in [2.45, 2.75) is 31.9 Å². The number of aromatic carboxylic acids is 1. The number of piperidine rings is 1. The fourth-order valence-electron chi connectivity index (χ4n) is 6.08. The van der Waals surface area contributed by atoms with Gasteiger partial charge in [0.2, 0.25) is 5.88 Å². The number of ether oxygens (including phenoxy) is 1. The zero-order chi connectivity index (χ0) is 26.6. The second-order valence-corrected chi connectivity index (χ2v) is 10.3. The molecule has 0 amide bonds. The second kappa shape index (κ2) is 8.96. The maximum Gasteiger partial charge on any atom is 0.352 e. The lowest BCUT2D eigenvalue weighted by molar-refractivity contribution is 0.0691. The summed E-state index contributed by atoms with van der Waals surface area (Å²) in [6.07, 6.45) is 0.963. The number of aromatic amines is 1. The van der Waals surface area contributed by atoms with Gasteiger partial charge < -0.3 is 19.4 Å². The van der Waals surface area contributed by atoms with Crippen LogP contribution >= 0.6 is 0 Å². The van der Waals surface area contributed by atoms with Crippen LogP contribution in [-0.4, -0.2) is 48.6 Å². The van der Waals surface area contributed by atoms with Crippen LogP contribution in [0.3, 0.4) is 0 Å². The lowest BCUT2D eigenvalue weighted by Crippen LogP contribution is -2.36. The number of pyridine rings is 1. The van der Waals surface area contributed by atoms with E-state index in [9.17, 15) is 14.3 Å². The molecule has 38 heavy (non-hydrogen) atoms. The minimum atomic E-state index is -0.996. The number of H-pyrrole nitrogens is 1. The van der Waals surface area contributed by atoms with Crippen LogP contribution in [0, 0.1) is 29.0 Å². The molecule has 1 unspecified atom stereocenters. The number of halogens is 1. The first-order valence-electron chi connectivity index (χ1n) is 12.6. The number of likely N-dealkylation sites (tertiary alicyclic amines) is 1. The van der Waals surface area contributed by atoms with E-state index in [1.165, 1.54) is 6.07 Å². The van der Waals surface area contributed by atoms with Crippen LogP contribution in [0.15, 0.2) is 42.5 Å². The average Bonchev–Trinajstić information content (AvgIpc) is 3.17. The Balaban J connectivity index is 1.13. The number of carboxylic acid groups (broad SMARTS) is 1. The maximum absolute atomic E-state index is 14.3. The number of carbonyl (C=O) groups is 1. The number of aromatic nitrogens is 4. The van der Waals surface area contributed by atoms with Crippen molar-refractivity contribution in [2.24, 2.45) is 18.9 Å². The van der Waals surface area contributed by atoms with Crippen LogP contribution in [0.25, 0.3) is 11.2 Å². The van der Waals surface area contributed by atoms with Crippen molar-refractivity contribution in [3.8, 4) is 11.9 Å². The molecule has 1 aliphatic heterocycles. The molecular formula is C28H27FN6O3. The van der Waals surface area contributed by atoms with E-state index in [0.29, 0.717) is 41.0 Å². The van der Waals surface area contributed by atoms with E-state index in [4.69, 9.17) is 15.0 Å². The molecule has 2 N–H and O–H groups in total. The Morgan fingerprint density at radius 1 is 1.32 bits per heavy atom. The minimum Gasteiger partial charge on any atom is -0.477 e. The molecule has 1 aromatic carbocycles.